The lowest BCUT2D eigenvalue weighted by Crippen LogP contribution is -2.25. The molecular formula is C18H22N2O3. The van der Waals surface area contributed by atoms with Crippen molar-refractivity contribution in [3.63, 3.8) is 0 Å². The number of amides is 1. The number of hydroxylamine groups is 1. The van der Waals surface area contributed by atoms with Gasteiger partial charge in [-0.05, 0) is 36.2 Å². The fourth-order valence-electron chi connectivity index (χ4n) is 1.97. The summed E-state index contributed by atoms with van der Waals surface area (Å²) in [5.74, 6) is 0.598. The molecule has 0 aliphatic heterocycles. The Morgan fingerprint density at radius 1 is 1.00 bits per heavy atom. The SMILES string of the molecule is NCCCOc1ccc(CC(=O)NOCc2ccccc2)cc1. The molecule has 0 spiro atoms. The van der Waals surface area contributed by atoms with E-state index in [2.05, 4.69) is 5.48 Å². The van der Waals surface area contributed by atoms with Crippen LogP contribution in [0.1, 0.15) is 17.5 Å². The van der Waals surface area contributed by atoms with Gasteiger partial charge in [0, 0.05) is 0 Å². The second-order valence-corrected chi connectivity index (χ2v) is 5.11. The van der Waals surface area contributed by atoms with E-state index in [9.17, 15) is 4.79 Å². The van der Waals surface area contributed by atoms with Crippen molar-refractivity contribution >= 4 is 5.91 Å². The molecule has 0 saturated carbocycles. The first-order chi connectivity index (χ1) is 11.3. The van der Waals surface area contributed by atoms with E-state index >= 15 is 0 Å². The lowest BCUT2D eigenvalue weighted by Gasteiger charge is -2.08. The number of carbonyl (C=O) groups excluding carboxylic acids is 1. The molecule has 122 valence electrons. The van der Waals surface area contributed by atoms with E-state index in [1.54, 1.807) is 0 Å². The van der Waals surface area contributed by atoms with Crippen molar-refractivity contribution in [3.8, 4) is 5.75 Å². The number of hydrogen-bond donors (Lipinski definition) is 2. The largest absolute Gasteiger partial charge is 0.494 e. The van der Waals surface area contributed by atoms with Crippen molar-refractivity contribution < 1.29 is 14.4 Å². The van der Waals surface area contributed by atoms with Crippen LogP contribution in [-0.4, -0.2) is 19.1 Å². The molecule has 2 aromatic rings. The summed E-state index contributed by atoms with van der Waals surface area (Å²) in [6, 6.07) is 17.1. The zero-order chi connectivity index (χ0) is 16.3. The number of hydrogen-bond acceptors (Lipinski definition) is 4. The van der Waals surface area contributed by atoms with Crippen molar-refractivity contribution in [2.45, 2.75) is 19.4 Å². The third kappa shape index (κ3) is 6.50. The Morgan fingerprint density at radius 2 is 1.74 bits per heavy atom. The van der Waals surface area contributed by atoms with Crippen LogP contribution in [0.3, 0.4) is 0 Å². The van der Waals surface area contributed by atoms with Crippen LogP contribution in [0.15, 0.2) is 54.6 Å². The van der Waals surface area contributed by atoms with Gasteiger partial charge < -0.3 is 10.5 Å². The molecule has 0 heterocycles. The number of nitrogens with one attached hydrogen (secondary N) is 1. The Hall–Kier alpha value is -2.37. The molecule has 0 unspecified atom stereocenters. The molecule has 1 amide bonds. The van der Waals surface area contributed by atoms with Gasteiger partial charge in [-0.15, -0.1) is 0 Å². The van der Waals surface area contributed by atoms with Crippen molar-refractivity contribution in [2.24, 2.45) is 5.73 Å². The molecule has 0 bridgehead atoms. The number of carbonyl (C=O) groups is 1. The molecule has 0 fully saturated rings. The highest BCUT2D eigenvalue weighted by Gasteiger charge is 2.04. The molecule has 5 heteroatoms. The van der Waals surface area contributed by atoms with E-state index in [4.69, 9.17) is 15.3 Å². The van der Waals surface area contributed by atoms with Crippen LogP contribution in [0.2, 0.25) is 0 Å². The van der Waals surface area contributed by atoms with Crippen LogP contribution in [0.5, 0.6) is 5.75 Å². The number of benzene rings is 2. The molecule has 0 aromatic heterocycles. The minimum Gasteiger partial charge on any atom is -0.494 e. The van der Waals surface area contributed by atoms with E-state index in [1.165, 1.54) is 0 Å². The minimum atomic E-state index is -0.183. The monoisotopic (exact) mass is 314 g/mol. The third-order valence-corrected chi connectivity index (χ3v) is 3.17. The quantitative estimate of drug-likeness (QED) is 0.550. The van der Waals surface area contributed by atoms with Crippen LogP contribution in [0.4, 0.5) is 0 Å². The Balaban J connectivity index is 1.70. The van der Waals surface area contributed by atoms with E-state index in [0.717, 1.165) is 23.3 Å². The smallest absolute Gasteiger partial charge is 0.247 e. The molecule has 2 rings (SSSR count). The zero-order valence-electron chi connectivity index (χ0n) is 13.0. The van der Waals surface area contributed by atoms with Gasteiger partial charge in [-0.25, -0.2) is 5.48 Å². The van der Waals surface area contributed by atoms with Crippen molar-refractivity contribution in [1.29, 1.82) is 0 Å². The fraction of sp³-hybridized carbons (Fsp3) is 0.278. The number of rotatable bonds is 9. The van der Waals surface area contributed by atoms with Crippen LogP contribution in [0.25, 0.3) is 0 Å². The molecule has 5 nitrogen and oxygen atoms in total. The summed E-state index contributed by atoms with van der Waals surface area (Å²) in [6.45, 7) is 1.56. The van der Waals surface area contributed by atoms with E-state index in [0.29, 0.717) is 19.8 Å². The lowest BCUT2D eigenvalue weighted by molar-refractivity contribution is -0.133. The predicted octanol–water partition coefficient (Wildman–Crippen LogP) is 2.20. The molecule has 0 atom stereocenters. The van der Waals surface area contributed by atoms with Crippen LogP contribution >= 0.6 is 0 Å². The first kappa shape index (κ1) is 17.0. The van der Waals surface area contributed by atoms with Crippen LogP contribution < -0.4 is 16.0 Å². The maximum atomic E-state index is 11.8. The highest BCUT2D eigenvalue weighted by Crippen LogP contribution is 2.12. The van der Waals surface area contributed by atoms with Gasteiger partial charge in [0.2, 0.25) is 5.91 Å². The van der Waals surface area contributed by atoms with Gasteiger partial charge in [-0.3, -0.25) is 9.63 Å². The van der Waals surface area contributed by atoms with Gasteiger partial charge in [0.15, 0.2) is 0 Å². The Labute approximate surface area is 136 Å². The standard InChI is InChI=1S/C18H22N2O3/c19-11-4-12-22-17-9-7-15(8-10-17)13-18(21)20-23-14-16-5-2-1-3-6-16/h1-3,5-10H,4,11-14,19H2,(H,20,21). The van der Waals surface area contributed by atoms with Crippen molar-refractivity contribution in [2.75, 3.05) is 13.2 Å². The van der Waals surface area contributed by atoms with Gasteiger partial charge in [-0.2, -0.15) is 0 Å². The van der Waals surface area contributed by atoms with Crippen molar-refractivity contribution in [3.05, 3.63) is 65.7 Å². The van der Waals surface area contributed by atoms with Crippen LogP contribution in [0, 0.1) is 0 Å². The van der Waals surface area contributed by atoms with E-state index in [1.807, 2.05) is 54.6 Å². The average Bonchev–Trinajstić information content (AvgIpc) is 2.58. The molecule has 23 heavy (non-hydrogen) atoms. The summed E-state index contributed by atoms with van der Waals surface area (Å²) < 4.78 is 5.52. The molecule has 3 N–H and O–H groups in total. The molecule has 0 aliphatic carbocycles. The maximum absolute atomic E-state index is 11.8. The van der Waals surface area contributed by atoms with Crippen molar-refractivity contribution in [1.82, 2.24) is 5.48 Å². The zero-order valence-corrected chi connectivity index (χ0v) is 13.0. The fourth-order valence-corrected chi connectivity index (χ4v) is 1.97. The van der Waals surface area contributed by atoms with Gasteiger partial charge >= 0.3 is 0 Å². The van der Waals surface area contributed by atoms with Gasteiger partial charge in [0.25, 0.3) is 0 Å². The second-order valence-electron chi connectivity index (χ2n) is 5.11. The molecule has 0 radical (unpaired) electrons. The summed E-state index contributed by atoms with van der Waals surface area (Å²) in [7, 11) is 0. The summed E-state index contributed by atoms with van der Waals surface area (Å²) in [5.41, 5.74) is 9.77. The van der Waals surface area contributed by atoms with E-state index < -0.39 is 0 Å². The highest BCUT2D eigenvalue weighted by molar-refractivity contribution is 5.77. The van der Waals surface area contributed by atoms with E-state index in [-0.39, 0.29) is 12.3 Å². The third-order valence-electron chi connectivity index (χ3n) is 3.17. The second kappa shape index (κ2) is 9.61. The first-order valence-corrected chi connectivity index (χ1v) is 7.64. The normalized spacial score (nSPS) is 10.3. The minimum absolute atomic E-state index is 0.183. The number of ether oxygens (including phenoxy) is 1. The highest BCUT2D eigenvalue weighted by atomic mass is 16.6. The summed E-state index contributed by atoms with van der Waals surface area (Å²) in [4.78, 5) is 17.0. The summed E-state index contributed by atoms with van der Waals surface area (Å²) in [5, 5.41) is 0. The first-order valence-electron chi connectivity index (χ1n) is 7.64. The summed E-state index contributed by atoms with van der Waals surface area (Å²) >= 11 is 0. The average molecular weight is 314 g/mol. The molecule has 0 aliphatic rings. The van der Waals surface area contributed by atoms with Gasteiger partial charge in [0.05, 0.1) is 19.6 Å². The summed E-state index contributed by atoms with van der Waals surface area (Å²) in [6.07, 6.45) is 1.08. The van der Waals surface area contributed by atoms with Gasteiger partial charge in [-0.1, -0.05) is 42.5 Å². The maximum Gasteiger partial charge on any atom is 0.247 e. The Kier molecular flexibility index (Phi) is 7.10. The van der Waals surface area contributed by atoms with Crippen LogP contribution in [-0.2, 0) is 22.7 Å². The van der Waals surface area contributed by atoms with Gasteiger partial charge in [0.1, 0.15) is 5.75 Å². The molecule has 0 saturated heterocycles. The predicted molar refractivity (Wildman–Crippen MR) is 88.7 cm³/mol. The molecule has 2 aromatic carbocycles. The topological polar surface area (TPSA) is 73.6 Å². The number of nitrogens with two attached hydrogens (primary N) is 1. The Bertz CT molecular complexity index is 585. The molecular weight excluding hydrogens is 292 g/mol. The Morgan fingerprint density at radius 3 is 2.43 bits per heavy atom. The lowest BCUT2D eigenvalue weighted by atomic mass is 10.1.